The van der Waals surface area contributed by atoms with Crippen LogP contribution in [0.3, 0.4) is 0 Å². The molecule has 0 bridgehead atoms. The Morgan fingerprint density at radius 1 is 0.667 bits per heavy atom. The van der Waals surface area contributed by atoms with Gasteiger partial charge in [0.25, 0.3) is 0 Å². The molecule has 1 nitrogen and oxygen atoms in total. The number of hydrogen-bond donors (Lipinski definition) is 0. The summed E-state index contributed by atoms with van der Waals surface area (Å²) < 4.78 is 29.0. The highest BCUT2D eigenvalue weighted by molar-refractivity contribution is 5.88. The van der Waals surface area contributed by atoms with E-state index in [2.05, 4.69) is 72.3 Å². The van der Waals surface area contributed by atoms with Gasteiger partial charge in [-0.05, 0) is 69.6 Å². The molecule has 0 fully saturated rings. The molecule has 152 valence electrons. The molecule has 0 spiro atoms. The lowest BCUT2D eigenvalue weighted by Gasteiger charge is -2.09. The number of ether oxygens (including phenoxy) is 1. The molecule has 0 amide bonds. The van der Waals surface area contributed by atoms with E-state index in [-0.39, 0.29) is 5.75 Å². The molecule has 4 rings (SSSR count). The highest BCUT2D eigenvalue weighted by Gasteiger charge is 2.06. The minimum atomic E-state index is -2.81. The topological polar surface area (TPSA) is 9.23 Å². The lowest BCUT2D eigenvalue weighted by Crippen LogP contribution is -2.01. The van der Waals surface area contributed by atoms with Crippen molar-refractivity contribution < 1.29 is 13.5 Å². The van der Waals surface area contributed by atoms with E-state index in [1.54, 1.807) is 24.3 Å². The maximum atomic E-state index is 12.3. The second-order valence-electron chi connectivity index (χ2n) is 7.48. The number of unbranched alkanes of at least 4 members (excludes halogenated alkanes) is 1. The molecule has 0 radical (unpaired) electrons. The van der Waals surface area contributed by atoms with E-state index < -0.39 is 6.61 Å². The van der Waals surface area contributed by atoms with Crippen molar-refractivity contribution in [2.24, 2.45) is 0 Å². The molecule has 0 atom stereocenters. The second kappa shape index (κ2) is 9.08. The lowest BCUT2D eigenvalue weighted by atomic mass is 9.97. The molecule has 0 saturated heterocycles. The van der Waals surface area contributed by atoms with E-state index in [0.29, 0.717) is 0 Å². The van der Waals surface area contributed by atoms with Crippen LogP contribution in [0.25, 0.3) is 33.0 Å². The number of alkyl halides is 2. The van der Waals surface area contributed by atoms with Crippen LogP contribution in [0.15, 0.2) is 84.9 Å². The van der Waals surface area contributed by atoms with Crippen LogP contribution in [0.1, 0.15) is 25.3 Å². The highest BCUT2D eigenvalue weighted by atomic mass is 19.3. The first-order valence-corrected chi connectivity index (χ1v) is 10.3. The summed E-state index contributed by atoms with van der Waals surface area (Å²) in [5.74, 6) is 0.166. The molecule has 0 heterocycles. The molecule has 0 aromatic heterocycles. The van der Waals surface area contributed by atoms with Crippen molar-refractivity contribution in [2.45, 2.75) is 32.8 Å². The zero-order valence-corrected chi connectivity index (χ0v) is 16.9. The van der Waals surface area contributed by atoms with Crippen LogP contribution in [0.2, 0.25) is 0 Å². The fraction of sp³-hybridized carbons (Fsp3) is 0.185. The molecule has 4 aromatic rings. The minimum absolute atomic E-state index is 0.166. The van der Waals surface area contributed by atoms with Crippen LogP contribution in [-0.4, -0.2) is 6.61 Å². The minimum Gasteiger partial charge on any atom is -0.435 e. The van der Waals surface area contributed by atoms with E-state index in [4.69, 9.17) is 0 Å². The summed E-state index contributed by atoms with van der Waals surface area (Å²) in [7, 11) is 0. The molecule has 0 N–H and O–H groups in total. The third-order valence-electron chi connectivity index (χ3n) is 5.35. The van der Waals surface area contributed by atoms with Gasteiger partial charge in [0.1, 0.15) is 5.75 Å². The zero-order chi connectivity index (χ0) is 20.9. The molecule has 0 aliphatic heterocycles. The van der Waals surface area contributed by atoms with Gasteiger partial charge in [-0.1, -0.05) is 80.1 Å². The van der Waals surface area contributed by atoms with Gasteiger partial charge < -0.3 is 4.74 Å². The number of rotatable bonds is 7. The summed E-state index contributed by atoms with van der Waals surface area (Å²) in [5, 5.41) is 2.52. The van der Waals surface area contributed by atoms with Gasteiger partial charge in [-0.15, -0.1) is 0 Å². The molecular weight excluding hydrogens is 378 g/mol. The Balaban J connectivity index is 1.54. The average molecular weight is 402 g/mol. The SMILES string of the molecule is CCCCc1ccc2cc(-c3ccc(-c4ccc(OC(F)F)cc4)cc3)ccc2c1. The average Bonchev–Trinajstić information content (AvgIpc) is 2.77. The van der Waals surface area contributed by atoms with Gasteiger partial charge in [-0.3, -0.25) is 0 Å². The van der Waals surface area contributed by atoms with Crippen molar-refractivity contribution in [3.8, 4) is 28.0 Å². The fourth-order valence-electron chi connectivity index (χ4n) is 3.70. The van der Waals surface area contributed by atoms with E-state index >= 15 is 0 Å². The van der Waals surface area contributed by atoms with Gasteiger partial charge in [0.05, 0.1) is 0 Å². The number of aryl methyl sites for hydroxylation is 1. The number of halogens is 2. The Hall–Kier alpha value is -3.20. The van der Waals surface area contributed by atoms with E-state index in [0.717, 1.165) is 23.1 Å². The predicted octanol–water partition coefficient (Wildman–Crippen LogP) is 8.12. The quantitative estimate of drug-likeness (QED) is 0.303. The fourth-order valence-corrected chi connectivity index (χ4v) is 3.70. The molecule has 3 heteroatoms. The molecule has 0 aliphatic carbocycles. The third-order valence-corrected chi connectivity index (χ3v) is 5.35. The van der Waals surface area contributed by atoms with Crippen molar-refractivity contribution >= 4 is 10.8 Å². The van der Waals surface area contributed by atoms with Crippen LogP contribution >= 0.6 is 0 Å². The van der Waals surface area contributed by atoms with Crippen LogP contribution in [0, 0.1) is 0 Å². The van der Waals surface area contributed by atoms with E-state index in [1.165, 1.54) is 34.7 Å². The van der Waals surface area contributed by atoms with Crippen LogP contribution in [-0.2, 0) is 6.42 Å². The Morgan fingerprint density at radius 2 is 1.20 bits per heavy atom. The Kier molecular flexibility index (Phi) is 6.08. The van der Waals surface area contributed by atoms with Crippen molar-refractivity contribution in [1.82, 2.24) is 0 Å². The first-order chi connectivity index (χ1) is 14.6. The summed E-state index contributed by atoms with van der Waals surface area (Å²) >= 11 is 0. The predicted molar refractivity (Wildman–Crippen MR) is 120 cm³/mol. The highest BCUT2D eigenvalue weighted by Crippen LogP contribution is 2.29. The first kappa shape index (κ1) is 20.1. The zero-order valence-electron chi connectivity index (χ0n) is 16.9. The van der Waals surface area contributed by atoms with Gasteiger partial charge in [-0.25, -0.2) is 0 Å². The first-order valence-electron chi connectivity index (χ1n) is 10.3. The molecule has 0 unspecified atom stereocenters. The van der Waals surface area contributed by atoms with Crippen LogP contribution < -0.4 is 4.74 Å². The maximum Gasteiger partial charge on any atom is 0.387 e. The lowest BCUT2D eigenvalue weighted by molar-refractivity contribution is -0.0498. The summed E-state index contributed by atoms with van der Waals surface area (Å²) in [6.07, 6.45) is 3.56. The summed E-state index contributed by atoms with van der Waals surface area (Å²) in [6, 6.07) is 28.3. The van der Waals surface area contributed by atoms with Crippen LogP contribution in [0.4, 0.5) is 8.78 Å². The second-order valence-corrected chi connectivity index (χ2v) is 7.48. The van der Waals surface area contributed by atoms with Crippen molar-refractivity contribution in [2.75, 3.05) is 0 Å². The molecule has 0 aliphatic rings. The number of hydrogen-bond acceptors (Lipinski definition) is 1. The Morgan fingerprint density at radius 3 is 1.83 bits per heavy atom. The van der Waals surface area contributed by atoms with Crippen molar-refractivity contribution in [1.29, 1.82) is 0 Å². The largest absolute Gasteiger partial charge is 0.435 e. The smallest absolute Gasteiger partial charge is 0.387 e. The van der Waals surface area contributed by atoms with Crippen molar-refractivity contribution in [3.63, 3.8) is 0 Å². The summed E-state index contributed by atoms with van der Waals surface area (Å²) in [4.78, 5) is 0. The standard InChI is InChI=1S/C27H24F2O/c1-2-3-4-19-5-6-25-18-24(12-11-23(25)17-19)22-9-7-20(8-10-22)21-13-15-26(16-14-21)30-27(28)29/h5-18,27H,2-4H2,1H3. The Bertz CT molecular complexity index is 1120. The monoisotopic (exact) mass is 402 g/mol. The molecular formula is C27H24F2O. The maximum absolute atomic E-state index is 12.3. The normalized spacial score (nSPS) is 11.2. The van der Waals surface area contributed by atoms with Crippen molar-refractivity contribution in [3.05, 3.63) is 90.5 Å². The van der Waals surface area contributed by atoms with Gasteiger partial charge >= 0.3 is 6.61 Å². The summed E-state index contributed by atoms with van der Waals surface area (Å²) in [5.41, 5.74) is 5.71. The summed E-state index contributed by atoms with van der Waals surface area (Å²) in [6.45, 7) is -0.588. The molecule has 0 saturated carbocycles. The van der Waals surface area contributed by atoms with E-state index in [9.17, 15) is 8.78 Å². The Labute approximate surface area is 175 Å². The number of benzene rings is 4. The van der Waals surface area contributed by atoms with Gasteiger partial charge in [-0.2, -0.15) is 8.78 Å². The molecule has 4 aromatic carbocycles. The van der Waals surface area contributed by atoms with Gasteiger partial charge in [0.15, 0.2) is 0 Å². The number of fused-ring (bicyclic) bond motifs is 1. The van der Waals surface area contributed by atoms with E-state index in [1.807, 2.05) is 0 Å². The van der Waals surface area contributed by atoms with Crippen LogP contribution in [0.5, 0.6) is 5.75 Å². The third kappa shape index (κ3) is 4.68. The molecule has 30 heavy (non-hydrogen) atoms. The van der Waals surface area contributed by atoms with Gasteiger partial charge in [0, 0.05) is 0 Å². The van der Waals surface area contributed by atoms with Gasteiger partial charge in [0.2, 0.25) is 0 Å².